The number of aromatic nitrogens is 2. The van der Waals surface area contributed by atoms with Crippen molar-refractivity contribution >= 4 is 5.91 Å². The zero-order chi connectivity index (χ0) is 16.3. The monoisotopic (exact) mass is 306 g/mol. The number of carbonyl (C=O) groups is 1. The molecule has 2 rings (SSSR count). The molecule has 6 nitrogen and oxygen atoms in total. The second-order valence-corrected chi connectivity index (χ2v) is 6.47. The summed E-state index contributed by atoms with van der Waals surface area (Å²) in [6, 6.07) is 0. The Bertz CT molecular complexity index is 586. The van der Waals surface area contributed by atoms with E-state index in [1.165, 1.54) is 0 Å². The lowest BCUT2D eigenvalue weighted by atomic mass is 10.1. The molecule has 1 amide bonds. The summed E-state index contributed by atoms with van der Waals surface area (Å²) in [5.41, 5.74) is 0.935. The minimum Gasteiger partial charge on any atom is -0.340 e. The highest BCUT2D eigenvalue weighted by atomic mass is 16.2. The number of hydrogen-bond donors (Lipinski definition) is 1. The van der Waals surface area contributed by atoms with Gasteiger partial charge in [-0.3, -0.25) is 14.5 Å². The van der Waals surface area contributed by atoms with Crippen molar-refractivity contribution < 1.29 is 4.79 Å². The van der Waals surface area contributed by atoms with Gasteiger partial charge in [-0.05, 0) is 19.8 Å². The number of aryl methyl sites for hydroxylation is 2. The molecule has 1 fully saturated rings. The minimum atomic E-state index is -0.197. The first kappa shape index (κ1) is 16.7. The summed E-state index contributed by atoms with van der Waals surface area (Å²) in [6.45, 7) is 12.3. The molecule has 0 bridgehead atoms. The lowest BCUT2D eigenvalue weighted by Crippen LogP contribution is -2.50. The van der Waals surface area contributed by atoms with E-state index < -0.39 is 0 Å². The third-order valence-corrected chi connectivity index (χ3v) is 4.02. The topological polar surface area (TPSA) is 69.3 Å². The van der Waals surface area contributed by atoms with Gasteiger partial charge in [0, 0.05) is 44.0 Å². The lowest BCUT2D eigenvalue weighted by molar-refractivity contribution is -0.132. The van der Waals surface area contributed by atoms with E-state index in [9.17, 15) is 9.59 Å². The van der Waals surface area contributed by atoms with Gasteiger partial charge in [-0.25, -0.2) is 4.98 Å². The Morgan fingerprint density at radius 2 is 1.86 bits per heavy atom. The molecule has 0 unspecified atom stereocenters. The lowest BCUT2D eigenvalue weighted by Gasteiger charge is -2.35. The van der Waals surface area contributed by atoms with Crippen molar-refractivity contribution in [2.45, 2.75) is 34.1 Å². The Kier molecular flexibility index (Phi) is 5.34. The molecule has 22 heavy (non-hydrogen) atoms. The Labute approximate surface area is 131 Å². The van der Waals surface area contributed by atoms with Crippen LogP contribution in [-0.4, -0.2) is 58.4 Å². The number of nitrogens with one attached hydrogen (secondary N) is 1. The van der Waals surface area contributed by atoms with Gasteiger partial charge in [0.2, 0.25) is 5.91 Å². The van der Waals surface area contributed by atoms with E-state index in [1.54, 1.807) is 13.8 Å². The Balaban J connectivity index is 1.96. The van der Waals surface area contributed by atoms with Crippen LogP contribution in [0.2, 0.25) is 0 Å². The van der Waals surface area contributed by atoms with E-state index in [-0.39, 0.29) is 17.9 Å². The van der Waals surface area contributed by atoms with Gasteiger partial charge in [0.1, 0.15) is 5.82 Å². The number of amides is 1. The second-order valence-electron chi connectivity index (χ2n) is 6.47. The van der Waals surface area contributed by atoms with Gasteiger partial charge in [0.25, 0.3) is 5.56 Å². The van der Waals surface area contributed by atoms with Crippen LogP contribution >= 0.6 is 0 Å². The number of nitrogens with zero attached hydrogens (tertiary/aromatic N) is 3. The fourth-order valence-corrected chi connectivity index (χ4v) is 2.92. The second kappa shape index (κ2) is 7.05. The third-order valence-electron chi connectivity index (χ3n) is 4.02. The quantitative estimate of drug-likeness (QED) is 0.890. The standard InChI is InChI=1S/C16H26N4O2/c1-11(2)10-19-5-7-20(8-6-19)15(21)9-14-12(3)17-13(4)18-16(14)22/h11H,5-10H2,1-4H3,(H,17,18,22). The Morgan fingerprint density at radius 3 is 2.41 bits per heavy atom. The van der Waals surface area contributed by atoms with Crippen LogP contribution in [0.25, 0.3) is 0 Å². The highest BCUT2D eigenvalue weighted by molar-refractivity contribution is 5.79. The predicted octanol–water partition coefficient (Wildman–Crippen LogP) is 0.729. The minimum absolute atomic E-state index is 0.0171. The molecule has 0 aromatic carbocycles. The SMILES string of the molecule is Cc1nc(C)c(CC(=O)N2CCN(CC(C)C)CC2)c(=O)[nH]1. The van der Waals surface area contributed by atoms with Crippen LogP contribution in [0.4, 0.5) is 0 Å². The summed E-state index contributed by atoms with van der Waals surface area (Å²) in [7, 11) is 0. The number of hydrogen-bond acceptors (Lipinski definition) is 4. The number of aromatic amines is 1. The molecular weight excluding hydrogens is 280 g/mol. The summed E-state index contributed by atoms with van der Waals surface area (Å²) in [5.74, 6) is 1.24. The molecule has 1 aliphatic rings. The molecule has 0 radical (unpaired) electrons. The number of piperazine rings is 1. The smallest absolute Gasteiger partial charge is 0.254 e. The molecule has 0 aliphatic carbocycles. The summed E-state index contributed by atoms with van der Waals surface area (Å²) in [5, 5.41) is 0. The summed E-state index contributed by atoms with van der Waals surface area (Å²) in [4.78, 5) is 35.5. The molecule has 1 aliphatic heterocycles. The van der Waals surface area contributed by atoms with E-state index in [4.69, 9.17) is 0 Å². The van der Waals surface area contributed by atoms with Gasteiger partial charge < -0.3 is 9.88 Å². The average Bonchev–Trinajstić information content (AvgIpc) is 2.42. The first-order valence-corrected chi connectivity index (χ1v) is 7.93. The maximum atomic E-state index is 12.4. The molecule has 1 aromatic heterocycles. The Hall–Kier alpha value is -1.69. The van der Waals surface area contributed by atoms with Gasteiger partial charge in [0.15, 0.2) is 0 Å². The van der Waals surface area contributed by atoms with Crippen molar-refractivity contribution in [2.24, 2.45) is 5.92 Å². The largest absolute Gasteiger partial charge is 0.340 e. The molecule has 0 spiro atoms. The first-order chi connectivity index (χ1) is 10.4. The van der Waals surface area contributed by atoms with Crippen LogP contribution in [0.1, 0.15) is 30.9 Å². The van der Waals surface area contributed by atoms with Gasteiger partial charge in [-0.2, -0.15) is 0 Å². The molecule has 122 valence electrons. The average molecular weight is 306 g/mol. The van der Waals surface area contributed by atoms with Crippen LogP contribution in [-0.2, 0) is 11.2 Å². The van der Waals surface area contributed by atoms with Gasteiger partial charge in [-0.1, -0.05) is 13.8 Å². The van der Waals surface area contributed by atoms with E-state index in [1.807, 2.05) is 4.90 Å². The van der Waals surface area contributed by atoms with Crippen LogP contribution in [0, 0.1) is 19.8 Å². The first-order valence-electron chi connectivity index (χ1n) is 7.93. The molecule has 1 aromatic rings. The van der Waals surface area contributed by atoms with E-state index in [0.29, 0.717) is 23.0 Å². The summed E-state index contributed by atoms with van der Waals surface area (Å²) >= 11 is 0. The van der Waals surface area contributed by atoms with E-state index in [2.05, 4.69) is 28.7 Å². The van der Waals surface area contributed by atoms with Crippen molar-refractivity contribution in [3.63, 3.8) is 0 Å². The predicted molar refractivity (Wildman–Crippen MR) is 85.9 cm³/mol. The highest BCUT2D eigenvalue weighted by Gasteiger charge is 2.23. The maximum absolute atomic E-state index is 12.4. The van der Waals surface area contributed by atoms with Crippen molar-refractivity contribution in [3.8, 4) is 0 Å². The van der Waals surface area contributed by atoms with Crippen molar-refractivity contribution in [2.75, 3.05) is 32.7 Å². The fraction of sp³-hybridized carbons (Fsp3) is 0.688. The van der Waals surface area contributed by atoms with Gasteiger partial charge in [-0.15, -0.1) is 0 Å². The maximum Gasteiger partial charge on any atom is 0.254 e. The van der Waals surface area contributed by atoms with E-state index in [0.717, 1.165) is 32.7 Å². The van der Waals surface area contributed by atoms with Gasteiger partial charge in [0.05, 0.1) is 6.42 Å². The van der Waals surface area contributed by atoms with Crippen LogP contribution in [0.5, 0.6) is 0 Å². The molecule has 0 atom stereocenters. The molecule has 1 N–H and O–H groups in total. The molecule has 2 heterocycles. The van der Waals surface area contributed by atoms with Gasteiger partial charge >= 0.3 is 0 Å². The molecular formula is C16H26N4O2. The highest BCUT2D eigenvalue weighted by Crippen LogP contribution is 2.08. The normalized spacial score (nSPS) is 16.3. The van der Waals surface area contributed by atoms with Crippen LogP contribution in [0.15, 0.2) is 4.79 Å². The molecule has 1 saturated heterocycles. The van der Waals surface area contributed by atoms with Crippen molar-refractivity contribution in [1.82, 2.24) is 19.8 Å². The zero-order valence-electron chi connectivity index (χ0n) is 14.0. The third kappa shape index (κ3) is 4.16. The fourth-order valence-electron chi connectivity index (χ4n) is 2.92. The summed E-state index contributed by atoms with van der Waals surface area (Å²) < 4.78 is 0. The van der Waals surface area contributed by atoms with Crippen LogP contribution in [0.3, 0.4) is 0 Å². The van der Waals surface area contributed by atoms with Crippen molar-refractivity contribution in [3.05, 3.63) is 27.4 Å². The summed E-state index contributed by atoms with van der Waals surface area (Å²) in [6.07, 6.45) is 0.138. The van der Waals surface area contributed by atoms with Crippen molar-refractivity contribution in [1.29, 1.82) is 0 Å². The number of rotatable bonds is 4. The Morgan fingerprint density at radius 1 is 1.23 bits per heavy atom. The van der Waals surface area contributed by atoms with E-state index >= 15 is 0 Å². The van der Waals surface area contributed by atoms with Crippen LogP contribution < -0.4 is 5.56 Å². The number of H-pyrrole nitrogens is 1. The molecule has 0 saturated carbocycles. The molecule has 6 heteroatoms. The number of carbonyl (C=O) groups excluding carboxylic acids is 1. The zero-order valence-corrected chi connectivity index (χ0v) is 14.0.